The Kier molecular flexibility index (Phi) is 7.05. The van der Waals surface area contributed by atoms with Crippen molar-refractivity contribution in [3.63, 3.8) is 0 Å². The van der Waals surface area contributed by atoms with E-state index in [4.69, 9.17) is 9.47 Å². The second-order valence-corrected chi connectivity index (χ2v) is 6.42. The summed E-state index contributed by atoms with van der Waals surface area (Å²) in [4.78, 5) is 8.22. The highest BCUT2D eigenvalue weighted by atomic mass is 16.5. The molecule has 1 aromatic heterocycles. The molecule has 0 spiro atoms. The normalized spacial score (nSPS) is 12.3. The van der Waals surface area contributed by atoms with Crippen molar-refractivity contribution in [1.29, 1.82) is 0 Å². The first kappa shape index (κ1) is 20.2. The van der Waals surface area contributed by atoms with Crippen LogP contribution in [0.4, 0.5) is 0 Å². The zero-order valence-electron chi connectivity index (χ0n) is 16.9. The van der Waals surface area contributed by atoms with Crippen molar-refractivity contribution in [1.82, 2.24) is 25.4 Å². The standard InChI is InChI=1S/C21H26N6O2/c1-16(29-20-6-4-5-19(11-20)28-3)12-24-21(22-2)25-13-17-7-9-18(10-8-17)27-15-23-14-26-27/h4-11,14-16H,12-13H2,1-3H3,(H2,22,24,25). The van der Waals surface area contributed by atoms with Gasteiger partial charge in [0.2, 0.25) is 0 Å². The van der Waals surface area contributed by atoms with Gasteiger partial charge in [-0.2, -0.15) is 5.10 Å². The van der Waals surface area contributed by atoms with Crippen LogP contribution in [0.2, 0.25) is 0 Å². The predicted octanol–water partition coefficient (Wildman–Crippen LogP) is 2.41. The summed E-state index contributed by atoms with van der Waals surface area (Å²) >= 11 is 0. The molecule has 2 aromatic carbocycles. The van der Waals surface area contributed by atoms with Gasteiger partial charge in [0.15, 0.2) is 5.96 Å². The van der Waals surface area contributed by atoms with E-state index in [2.05, 4.69) is 25.7 Å². The van der Waals surface area contributed by atoms with Gasteiger partial charge in [-0.05, 0) is 36.8 Å². The molecule has 0 radical (unpaired) electrons. The lowest BCUT2D eigenvalue weighted by molar-refractivity contribution is 0.223. The molecule has 0 amide bonds. The monoisotopic (exact) mass is 394 g/mol. The Balaban J connectivity index is 1.45. The zero-order chi connectivity index (χ0) is 20.5. The topological polar surface area (TPSA) is 85.6 Å². The molecule has 0 aliphatic heterocycles. The van der Waals surface area contributed by atoms with Crippen molar-refractivity contribution in [3.8, 4) is 17.2 Å². The van der Waals surface area contributed by atoms with Gasteiger partial charge >= 0.3 is 0 Å². The Bertz CT molecular complexity index is 909. The predicted molar refractivity (Wildman–Crippen MR) is 113 cm³/mol. The minimum absolute atomic E-state index is 0.0392. The Hall–Kier alpha value is -3.55. The number of nitrogens with zero attached hydrogens (tertiary/aromatic N) is 4. The summed E-state index contributed by atoms with van der Waals surface area (Å²) < 4.78 is 12.9. The van der Waals surface area contributed by atoms with Gasteiger partial charge < -0.3 is 20.1 Å². The van der Waals surface area contributed by atoms with Gasteiger partial charge in [-0.1, -0.05) is 18.2 Å². The zero-order valence-corrected chi connectivity index (χ0v) is 16.9. The third kappa shape index (κ3) is 5.97. The van der Waals surface area contributed by atoms with Crippen LogP contribution in [0, 0.1) is 0 Å². The van der Waals surface area contributed by atoms with Gasteiger partial charge in [0, 0.05) is 19.7 Å². The summed E-state index contributed by atoms with van der Waals surface area (Å²) in [7, 11) is 3.39. The molecule has 8 heteroatoms. The van der Waals surface area contributed by atoms with Crippen LogP contribution in [0.5, 0.6) is 11.5 Å². The largest absolute Gasteiger partial charge is 0.497 e. The molecule has 29 heavy (non-hydrogen) atoms. The molecule has 0 aliphatic carbocycles. The van der Waals surface area contributed by atoms with E-state index < -0.39 is 0 Å². The fourth-order valence-corrected chi connectivity index (χ4v) is 2.70. The van der Waals surface area contributed by atoms with Gasteiger partial charge in [0.25, 0.3) is 0 Å². The summed E-state index contributed by atoms with van der Waals surface area (Å²) in [6.45, 7) is 3.27. The first-order chi connectivity index (χ1) is 14.2. The van der Waals surface area contributed by atoms with E-state index in [1.807, 2.05) is 55.5 Å². The van der Waals surface area contributed by atoms with E-state index >= 15 is 0 Å². The van der Waals surface area contributed by atoms with Crippen LogP contribution in [0.15, 0.2) is 66.2 Å². The lowest BCUT2D eigenvalue weighted by atomic mass is 10.2. The molecule has 3 aromatic rings. The van der Waals surface area contributed by atoms with E-state index in [1.165, 1.54) is 6.33 Å². The van der Waals surface area contributed by atoms with Crippen LogP contribution in [0.1, 0.15) is 12.5 Å². The average Bonchev–Trinajstić information content (AvgIpc) is 3.29. The summed E-state index contributed by atoms with van der Waals surface area (Å²) in [6.07, 6.45) is 3.15. The van der Waals surface area contributed by atoms with Gasteiger partial charge in [-0.25, -0.2) is 9.67 Å². The van der Waals surface area contributed by atoms with Crippen LogP contribution in [0.25, 0.3) is 5.69 Å². The van der Waals surface area contributed by atoms with Crippen molar-refractivity contribution in [3.05, 3.63) is 66.7 Å². The highest BCUT2D eigenvalue weighted by molar-refractivity contribution is 5.79. The molecule has 0 saturated heterocycles. The summed E-state index contributed by atoms with van der Waals surface area (Å²) in [5.74, 6) is 2.26. The quantitative estimate of drug-likeness (QED) is 0.451. The maximum absolute atomic E-state index is 5.92. The molecular formula is C21H26N6O2. The number of methoxy groups -OCH3 is 1. The number of benzene rings is 2. The first-order valence-electron chi connectivity index (χ1n) is 9.37. The SMILES string of the molecule is CN=C(NCc1ccc(-n2cncn2)cc1)NCC(C)Oc1cccc(OC)c1. The van der Waals surface area contributed by atoms with E-state index in [1.54, 1.807) is 25.2 Å². The van der Waals surface area contributed by atoms with Crippen LogP contribution in [-0.2, 0) is 6.54 Å². The number of hydrogen-bond acceptors (Lipinski definition) is 5. The molecule has 152 valence electrons. The smallest absolute Gasteiger partial charge is 0.191 e. The number of ether oxygens (including phenoxy) is 2. The fraction of sp³-hybridized carbons (Fsp3) is 0.286. The van der Waals surface area contributed by atoms with Crippen molar-refractivity contribution in [2.45, 2.75) is 19.6 Å². The Morgan fingerprint density at radius 3 is 2.62 bits per heavy atom. The minimum Gasteiger partial charge on any atom is -0.497 e. The summed E-state index contributed by atoms with van der Waals surface area (Å²) in [5.41, 5.74) is 2.11. The van der Waals surface area contributed by atoms with Crippen LogP contribution in [0.3, 0.4) is 0 Å². The molecule has 1 heterocycles. The van der Waals surface area contributed by atoms with Gasteiger partial charge in [-0.3, -0.25) is 4.99 Å². The molecule has 1 atom stereocenters. The van der Waals surface area contributed by atoms with Crippen molar-refractivity contribution < 1.29 is 9.47 Å². The number of hydrogen-bond donors (Lipinski definition) is 2. The minimum atomic E-state index is -0.0392. The Labute approximate surface area is 170 Å². The van der Waals surface area contributed by atoms with Crippen LogP contribution >= 0.6 is 0 Å². The van der Waals surface area contributed by atoms with E-state index in [0.717, 1.165) is 22.7 Å². The van der Waals surface area contributed by atoms with E-state index in [9.17, 15) is 0 Å². The number of aliphatic imine (C=N–C) groups is 1. The molecule has 8 nitrogen and oxygen atoms in total. The molecule has 0 aliphatic rings. The van der Waals surface area contributed by atoms with Gasteiger partial charge in [-0.15, -0.1) is 0 Å². The number of guanidine groups is 1. The van der Waals surface area contributed by atoms with E-state index in [0.29, 0.717) is 19.0 Å². The summed E-state index contributed by atoms with van der Waals surface area (Å²) in [5, 5.41) is 10.7. The van der Waals surface area contributed by atoms with Gasteiger partial charge in [0.05, 0.1) is 19.3 Å². The Morgan fingerprint density at radius 1 is 1.14 bits per heavy atom. The number of aromatic nitrogens is 3. The van der Waals surface area contributed by atoms with Crippen molar-refractivity contribution in [2.75, 3.05) is 20.7 Å². The maximum Gasteiger partial charge on any atom is 0.191 e. The maximum atomic E-state index is 5.92. The molecule has 0 bridgehead atoms. The van der Waals surface area contributed by atoms with E-state index in [-0.39, 0.29) is 6.10 Å². The number of nitrogens with one attached hydrogen (secondary N) is 2. The molecule has 3 rings (SSSR count). The summed E-state index contributed by atoms with van der Waals surface area (Å²) in [6, 6.07) is 15.7. The molecular weight excluding hydrogens is 368 g/mol. The average molecular weight is 394 g/mol. The lowest BCUT2D eigenvalue weighted by Gasteiger charge is -2.18. The molecule has 1 unspecified atom stereocenters. The highest BCUT2D eigenvalue weighted by Gasteiger charge is 2.07. The first-order valence-corrected chi connectivity index (χ1v) is 9.37. The number of rotatable bonds is 8. The second kappa shape index (κ2) is 10.1. The fourth-order valence-electron chi connectivity index (χ4n) is 2.70. The Morgan fingerprint density at radius 2 is 1.93 bits per heavy atom. The molecule has 0 fully saturated rings. The lowest BCUT2D eigenvalue weighted by Crippen LogP contribution is -2.41. The van der Waals surface area contributed by atoms with Crippen LogP contribution in [-0.4, -0.2) is 47.5 Å². The molecule has 2 N–H and O–H groups in total. The molecule has 0 saturated carbocycles. The van der Waals surface area contributed by atoms with Gasteiger partial charge in [0.1, 0.15) is 30.3 Å². The highest BCUT2D eigenvalue weighted by Crippen LogP contribution is 2.19. The third-order valence-corrected chi connectivity index (χ3v) is 4.24. The second-order valence-electron chi connectivity index (χ2n) is 6.42. The van der Waals surface area contributed by atoms with Crippen LogP contribution < -0.4 is 20.1 Å². The van der Waals surface area contributed by atoms with Crippen molar-refractivity contribution >= 4 is 5.96 Å². The van der Waals surface area contributed by atoms with Crippen molar-refractivity contribution in [2.24, 2.45) is 4.99 Å². The third-order valence-electron chi connectivity index (χ3n) is 4.24.